The van der Waals surface area contributed by atoms with Gasteiger partial charge >= 0.3 is 0 Å². The molecule has 1 aromatic rings. The van der Waals surface area contributed by atoms with Crippen LogP contribution < -0.4 is 5.32 Å². The lowest BCUT2D eigenvalue weighted by atomic mass is 10.0. The fourth-order valence-electron chi connectivity index (χ4n) is 2.57. The van der Waals surface area contributed by atoms with Crippen molar-refractivity contribution in [1.82, 2.24) is 15.2 Å². The molecule has 3 nitrogen and oxygen atoms in total. The Bertz CT molecular complexity index is 383. The van der Waals surface area contributed by atoms with Crippen LogP contribution in [0.15, 0.2) is 18.3 Å². The molecule has 1 aromatic heterocycles. The van der Waals surface area contributed by atoms with Crippen LogP contribution in [0.4, 0.5) is 0 Å². The quantitative estimate of drug-likeness (QED) is 0.851. The summed E-state index contributed by atoms with van der Waals surface area (Å²) in [4.78, 5) is 6.60. The molecule has 2 heterocycles. The maximum atomic E-state index is 5.95. The van der Waals surface area contributed by atoms with Crippen molar-refractivity contribution < 1.29 is 0 Å². The summed E-state index contributed by atoms with van der Waals surface area (Å²) in [5.74, 6) is 0. The predicted octanol–water partition coefficient (Wildman–Crippen LogP) is 2.70. The smallest absolute Gasteiger partial charge is 0.129 e. The van der Waals surface area contributed by atoms with E-state index in [4.69, 9.17) is 11.6 Å². The summed E-state index contributed by atoms with van der Waals surface area (Å²) in [7, 11) is 0. The Labute approximate surface area is 115 Å². The zero-order valence-electron chi connectivity index (χ0n) is 11.2. The Morgan fingerprint density at radius 1 is 1.44 bits per heavy atom. The summed E-state index contributed by atoms with van der Waals surface area (Å²) >= 11 is 5.95. The van der Waals surface area contributed by atoms with Crippen LogP contribution in [0, 0.1) is 0 Å². The molecule has 1 saturated heterocycles. The average Bonchev–Trinajstić information content (AvgIpc) is 2.38. The fourth-order valence-corrected chi connectivity index (χ4v) is 2.77. The number of hydrogen-bond donors (Lipinski definition) is 1. The van der Waals surface area contributed by atoms with Gasteiger partial charge in [0.15, 0.2) is 0 Å². The van der Waals surface area contributed by atoms with Gasteiger partial charge in [-0.25, -0.2) is 4.98 Å². The molecule has 0 aliphatic carbocycles. The molecule has 1 aliphatic heterocycles. The third-order valence-corrected chi connectivity index (χ3v) is 3.96. The molecule has 18 heavy (non-hydrogen) atoms. The minimum atomic E-state index is 0.586. The first-order valence-electron chi connectivity index (χ1n) is 6.80. The normalized spacial score (nSPS) is 25.3. The monoisotopic (exact) mass is 267 g/mol. The molecule has 0 aromatic carbocycles. The maximum Gasteiger partial charge on any atom is 0.129 e. The molecule has 0 radical (unpaired) electrons. The number of halogens is 1. The summed E-state index contributed by atoms with van der Waals surface area (Å²) in [5, 5.41) is 4.20. The molecule has 1 fully saturated rings. The van der Waals surface area contributed by atoms with Crippen molar-refractivity contribution in [2.24, 2.45) is 0 Å². The Morgan fingerprint density at radius 2 is 2.28 bits per heavy atom. The number of piperazine rings is 1. The van der Waals surface area contributed by atoms with Crippen LogP contribution in [0.2, 0.25) is 5.15 Å². The summed E-state index contributed by atoms with van der Waals surface area (Å²) in [6.07, 6.45) is 4.16. The molecule has 4 heteroatoms. The number of nitrogens with one attached hydrogen (secondary N) is 1. The average molecular weight is 268 g/mol. The minimum absolute atomic E-state index is 0.586. The maximum absolute atomic E-state index is 5.95. The van der Waals surface area contributed by atoms with Crippen molar-refractivity contribution >= 4 is 11.6 Å². The SMILES string of the molecule is CCC1CN(Cc2ccnc(Cl)c2)C(CC)CN1. The van der Waals surface area contributed by atoms with Crippen LogP contribution in [0.5, 0.6) is 0 Å². The van der Waals surface area contributed by atoms with Gasteiger partial charge in [0.05, 0.1) is 0 Å². The molecule has 0 amide bonds. The number of pyridine rings is 1. The highest BCUT2D eigenvalue weighted by Gasteiger charge is 2.25. The van der Waals surface area contributed by atoms with E-state index in [2.05, 4.69) is 35.1 Å². The van der Waals surface area contributed by atoms with Crippen LogP contribution >= 0.6 is 11.6 Å². The standard InChI is InChI=1S/C14H22ClN3/c1-3-12-10-18(13(4-2)8-17-12)9-11-5-6-16-14(15)7-11/h5-7,12-13,17H,3-4,8-10H2,1-2H3. The summed E-state index contributed by atoms with van der Waals surface area (Å²) in [6.45, 7) is 7.68. The van der Waals surface area contributed by atoms with Crippen molar-refractivity contribution in [1.29, 1.82) is 0 Å². The van der Waals surface area contributed by atoms with Crippen LogP contribution in [-0.2, 0) is 6.54 Å². The highest BCUT2D eigenvalue weighted by atomic mass is 35.5. The van der Waals surface area contributed by atoms with E-state index in [-0.39, 0.29) is 0 Å². The first-order chi connectivity index (χ1) is 8.72. The fraction of sp³-hybridized carbons (Fsp3) is 0.643. The van der Waals surface area contributed by atoms with Crippen LogP contribution in [-0.4, -0.2) is 35.1 Å². The number of aromatic nitrogens is 1. The first kappa shape index (κ1) is 13.8. The Kier molecular flexibility index (Phi) is 4.98. The van der Waals surface area contributed by atoms with Crippen molar-refractivity contribution in [3.8, 4) is 0 Å². The lowest BCUT2D eigenvalue weighted by Crippen LogP contribution is -2.55. The lowest BCUT2D eigenvalue weighted by Gasteiger charge is -2.40. The van der Waals surface area contributed by atoms with Crippen molar-refractivity contribution in [2.45, 2.75) is 45.3 Å². The molecule has 0 saturated carbocycles. The largest absolute Gasteiger partial charge is 0.311 e. The molecular weight excluding hydrogens is 246 g/mol. The van der Waals surface area contributed by atoms with E-state index in [1.54, 1.807) is 6.20 Å². The van der Waals surface area contributed by atoms with E-state index in [0.717, 1.165) is 19.6 Å². The van der Waals surface area contributed by atoms with Crippen molar-refractivity contribution in [2.75, 3.05) is 13.1 Å². The molecule has 2 atom stereocenters. The minimum Gasteiger partial charge on any atom is -0.311 e. The molecule has 1 N–H and O–H groups in total. The van der Waals surface area contributed by atoms with Crippen molar-refractivity contribution in [3.63, 3.8) is 0 Å². The highest BCUT2D eigenvalue weighted by molar-refractivity contribution is 6.29. The molecule has 1 aliphatic rings. The molecule has 0 bridgehead atoms. The first-order valence-corrected chi connectivity index (χ1v) is 7.18. The Balaban J connectivity index is 2.04. The van der Waals surface area contributed by atoms with Gasteiger partial charge in [0.1, 0.15) is 5.15 Å². The van der Waals surface area contributed by atoms with E-state index in [1.807, 2.05) is 6.07 Å². The lowest BCUT2D eigenvalue weighted by molar-refractivity contribution is 0.117. The molecule has 0 spiro atoms. The van der Waals surface area contributed by atoms with Gasteiger partial charge in [-0.3, -0.25) is 4.90 Å². The van der Waals surface area contributed by atoms with Gasteiger partial charge in [0.25, 0.3) is 0 Å². The second-order valence-corrected chi connectivity index (χ2v) is 5.38. The summed E-state index contributed by atoms with van der Waals surface area (Å²) < 4.78 is 0. The molecular formula is C14H22ClN3. The Hall–Kier alpha value is -0.640. The van der Waals surface area contributed by atoms with Crippen LogP contribution in [0.1, 0.15) is 32.3 Å². The number of rotatable bonds is 4. The summed E-state index contributed by atoms with van der Waals surface area (Å²) in [5.41, 5.74) is 1.25. The van der Waals surface area contributed by atoms with E-state index in [9.17, 15) is 0 Å². The third kappa shape index (κ3) is 3.44. The zero-order valence-corrected chi connectivity index (χ0v) is 12.0. The second-order valence-electron chi connectivity index (χ2n) is 4.99. The number of nitrogens with zero attached hydrogens (tertiary/aromatic N) is 2. The van der Waals surface area contributed by atoms with E-state index in [1.165, 1.54) is 18.4 Å². The number of hydrogen-bond acceptors (Lipinski definition) is 3. The molecule has 100 valence electrons. The molecule has 2 rings (SSSR count). The van der Waals surface area contributed by atoms with E-state index >= 15 is 0 Å². The summed E-state index contributed by atoms with van der Waals surface area (Å²) in [6, 6.07) is 5.27. The Morgan fingerprint density at radius 3 is 2.94 bits per heavy atom. The highest BCUT2D eigenvalue weighted by Crippen LogP contribution is 2.17. The van der Waals surface area contributed by atoms with Gasteiger partial charge in [-0.05, 0) is 30.5 Å². The zero-order chi connectivity index (χ0) is 13.0. The predicted molar refractivity (Wildman–Crippen MR) is 75.8 cm³/mol. The second kappa shape index (κ2) is 6.50. The molecule has 2 unspecified atom stereocenters. The van der Waals surface area contributed by atoms with E-state index < -0.39 is 0 Å². The van der Waals surface area contributed by atoms with Gasteiger partial charge < -0.3 is 5.32 Å². The van der Waals surface area contributed by atoms with E-state index in [0.29, 0.717) is 17.2 Å². The van der Waals surface area contributed by atoms with Gasteiger partial charge in [-0.2, -0.15) is 0 Å². The van der Waals surface area contributed by atoms with Crippen molar-refractivity contribution in [3.05, 3.63) is 29.0 Å². The van der Waals surface area contributed by atoms with Crippen LogP contribution in [0.3, 0.4) is 0 Å². The van der Waals surface area contributed by atoms with Crippen LogP contribution in [0.25, 0.3) is 0 Å². The van der Waals surface area contributed by atoms with Gasteiger partial charge in [0, 0.05) is 37.9 Å². The van der Waals surface area contributed by atoms with Gasteiger partial charge in [0.2, 0.25) is 0 Å². The third-order valence-electron chi connectivity index (χ3n) is 3.75. The van der Waals surface area contributed by atoms with Gasteiger partial charge in [-0.1, -0.05) is 25.4 Å². The topological polar surface area (TPSA) is 28.2 Å². The van der Waals surface area contributed by atoms with Gasteiger partial charge in [-0.15, -0.1) is 0 Å².